The quantitative estimate of drug-likeness (QED) is 0.403. The van der Waals surface area contributed by atoms with Crippen molar-refractivity contribution in [2.24, 2.45) is 0 Å². The van der Waals surface area contributed by atoms with Gasteiger partial charge >= 0.3 is 6.03 Å². The van der Waals surface area contributed by atoms with Crippen molar-refractivity contribution in [3.63, 3.8) is 0 Å². The highest BCUT2D eigenvalue weighted by molar-refractivity contribution is 5.98. The number of aromatic nitrogens is 1. The van der Waals surface area contributed by atoms with Crippen LogP contribution < -0.4 is 15.4 Å². The molecule has 2 aliphatic heterocycles. The second-order valence-electron chi connectivity index (χ2n) is 8.72. The highest BCUT2D eigenvalue weighted by atomic mass is 16.5. The van der Waals surface area contributed by atoms with Crippen LogP contribution in [0.25, 0.3) is 21.9 Å². The minimum Gasteiger partial charge on any atom is -0.491 e. The van der Waals surface area contributed by atoms with Gasteiger partial charge in [0, 0.05) is 31.7 Å². The third kappa shape index (κ3) is 4.82. The maximum absolute atomic E-state index is 11.4. The number of nitrogens with zero attached hydrogens (tertiary/aromatic N) is 2. The number of aryl methyl sites for hydroxylation is 2. The van der Waals surface area contributed by atoms with E-state index in [1.165, 1.54) is 0 Å². The molecule has 5 rings (SSSR count). The van der Waals surface area contributed by atoms with E-state index in [-0.39, 0.29) is 24.6 Å². The molecular weight excluding hydrogens is 440 g/mol. The number of carboxylic acid groups (broad SMARTS) is 1. The lowest BCUT2D eigenvalue weighted by Gasteiger charge is -2.47. The van der Waals surface area contributed by atoms with Gasteiger partial charge in [-0.1, -0.05) is 29.4 Å². The lowest BCUT2D eigenvalue weighted by atomic mass is 9.91. The SMILES string of the molecule is Cc1noc(C)c1-c1cc(OCC(O)CN2CC3(CNC(=O)N3)C2)cc2ccccc12.O=CO. The predicted molar refractivity (Wildman–Crippen MR) is 125 cm³/mol. The van der Waals surface area contributed by atoms with E-state index >= 15 is 0 Å². The Hall–Kier alpha value is -3.63. The van der Waals surface area contributed by atoms with Crippen molar-refractivity contribution in [1.82, 2.24) is 20.7 Å². The summed E-state index contributed by atoms with van der Waals surface area (Å²) in [6.07, 6.45) is -0.628. The highest BCUT2D eigenvalue weighted by Crippen LogP contribution is 2.36. The molecule has 34 heavy (non-hydrogen) atoms. The number of carbonyl (C=O) groups excluding carboxylic acids is 1. The number of amides is 2. The van der Waals surface area contributed by atoms with Crippen LogP contribution in [0.15, 0.2) is 40.9 Å². The molecule has 10 nitrogen and oxygen atoms in total. The number of urea groups is 1. The number of likely N-dealkylation sites (tertiary alicyclic amines) is 1. The van der Waals surface area contributed by atoms with Crippen LogP contribution in [-0.4, -0.2) is 77.2 Å². The van der Waals surface area contributed by atoms with Crippen LogP contribution in [0.3, 0.4) is 0 Å². The van der Waals surface area contributed by atoms with Crippen molar-refractivity contribution in [2.75, 3.05) is 32.8 Å². The molecular formula is C24H28N4O6. The molecule has 4 N–H and O–H groups in total. The van der Waals surface area contributed by atoms with Crippen molar-refractivity contribution >= 4 is 23.3 Å². The zero-order valence-corrected chi connectivity index (χ0v) is 19.1. The molecule has 0 radical (unpaired) electrons. The van der Waals surface area contributed by atoms with Crippen molar-refractivity contribution in [1.29, 1.82) is 0 Å². The van der Waals surface area contributed by atoms with Gasteiger partial charge in [-0.2, -0.15) is 0 Å². The number of fused-ring (bicyclic) bond motifs is 1. The van der Waals surface area contributed by atoms with Gasteiger partial charge in [0.15, 0.2) is 0 Å². The van der Waals surface area contributed by atoms with Crippen LogP contribution in [-0.2, 0) is 4.79 Å². The van der Waals surface area contributed by atoms with Gasteiger partial charge in [-0.3, -0.25) is 9.69 Å². The first-order valence-corrected chi connectivity index (χ1v) is 11.0. The Morgan fingerprint density at radius 2 is 2.03 bits per heavy atom. The van der Waals surface area contributed by atoms with E-state index in [2.05, 4.69) is 26.8 Å². The number of carbonyl (C=O) groups is 2. The van der Waals surface area contributed by atoms with E-state index < -0.39 is 6.10 Å². The fourth-order valence-corrected chi connectivity index (χ4v) is 4.69. The van der Waals surface area contributed by atoms with Gasteiger partial charge in [0.2, 0.25) is 0 Å². The number of nitrogens with one attached hydrogen (secondary N) is 2. The van der Waals surface area contributed by atoms with Crippen molar-refractivity contribution in [2.45, 2.75) is 25.5 Å². The molecule has 2 saturated heterocycles. The molecule has 1 spiro atoms. The molecule has 0 bridgehead atoms. The number of hydrogen-bond donors (Lipinski definition) is 4. The molecule has 10 heteroatoms. The second-order valence-corrected chi connectivity index (χ2v) is 8.72. The molecule has 1 unspecified atom stereocenters. The summed E-state index contributed by atoms with van der Waals surface area (Å²) in [5, 5.41) is 29.4. The topological polar surface area (TPSA) is 137 Å². The minimum atomic E-state index is -0.628. The first-order chi connectivity index (χ1) is 16.3. The van der Waals surface area contributed by atoms with Crippen molar-refractivity contribution < 1.29 is 29.1 Å². The number of rotatable bonds is 6. The summed E-state index contributed by atoms with van der Waals surface area (Å²) in [5.74, 6) is 1.46. The fourth-order valence-electron chi connectivity index (χ4n) is 4.69. The number of benzene rings is 2. The summed E-state index contributed by atoms with van der Waals surface area (Å²) in [4.78, 5) is 21.9. The number of β-amino-alcohol motifs (C(OH)–C–C–N with tert-alkyl or cyclic N) is 1. The van der Waals surface area contributed by atoms with Crippen molar-refractivity contribution in [3.8, 4) is 16.9 Å². The van der Waals surface area contributed by atoms with Gasteiger partial charge < -0.3 is 30.1 Å². The molecule has 2 amide bonds. The largest absolute Gasteiger partial charge is 0.491 e. The average Bonchev–Trinajstić information content (AvgIpc) is 3.34. The lowest BCUT2D eigenvalue weighted by molar-refractivity contribution is -0.122. The monoisotopic (exact) mass is 468 g/mol. The normalized spacial score (nSPS) is 17.3. The van der Waals surface area contributed by atoms with Crippen LogP contribution in [0.2, 0.25) is 0 Å². The Bertz CT molecular complexity index is 1170. The summed E-state index contributed by atoms with van der Waals surface area (Å²) >= 11 is 0. The van der Waals surface area contributed by atoms with Gasteiger partial charge in [0.1, 0.15) is 24.2 Å². The second kappa shape index (κ2) is 9.70. The standard InChI is InChI=1S/C23H26N4O4.CH2O2/c1-14-21(15(2)31-26-14)20-8-18(7-16-5-3-4-6-19(16)20)30-10-17(28)9-27-12-23(13-27)11-24-22(29)25-23;2-1-3/h3-8,17,28H,9-13H2,1-2H3,(H2,24,25,29);1H,(H,2,3). The number of hydrogen-bond acceptors (Lipinski definition) is 7. The van der Waals surface area contributed by atoms with Gasteiger partial charge in [0.25, 0.3) is 6.47 Å². The Kier molecular flexibility index (Phi) is 6.71. The minimum absolute atomic E-state index is 0.117. The number of aliphatic hydroxyl groups excluding tert-OH is 1. The third-order valence-corrected chi connectivity index (χ3v) is 6.07. The van der Waals surface area contributed by atoms with E-state index in [1.54, 1.807) is 0 Å². The fraction of sp³-hybridized carbons (Fsp3) is 0.375. The molecule has 2 fully saturated rings. The molecule has 2 aromatic carbocycles. The maximum atomic E-state index is 11.4. The predicted octanol–water partition coefficient (Wildman–Crippen LogP) is 1.92. The zero-order valence-electron chi connectivity index (χ0n) is 19.1. The summed E-state index contributed by atoms with van der Waals surface area (Å²) in [7, 11) is 0. The summed E-state index contributed by atoms with van der Waals surface area (Å²) < 4.78 is 11.4. The Morgan fingerprint density at radius 3 is 2.68 bits per heavy atom. The van der Waals surface area contributed by atoms with E-state index in [0.29, 0.717) is 18.8 Å². The molecule has 2 aliphatic rings. The summed E-state index contributed by atoms with van der Waals surface area (Å²) in [5.41, 5.74) is 2.63. The molecule has 1 atom stereocenters. The molecule has 3 heterocycles. The summed E-state index contributed by atoms with van der Waals surface area (Å²) in [6, 6.07) is 12.0. The maximum Gasteiger partial charge on any atom is 0.315 e. The van der Waals surface area contributed by atoms with Crippen LogP contribution >= 0.6 is 0 Å². The molecule has 180 valence electrons. The van der Waals surface area contributed by atoms with Crippen molar-refractivity contribution in [3.05, 3.63) is 47.9 Å². The first kappa shape index (κ1) is 23.5. The Morgan fingerprint density at radius 1 is 1.29 bits per heavy atom. The highest BCUT2D eigenvalue weighted by Gasteiger charge is 2.47. The average molecular weight is 469 g/mol. The van der Waals surface area contributed by atoms with Crippen LogP contribution in [0.5, 0.6) is 5.75 Å². The van der Waals surface area contributed by atoms with Crippen LogP contribution in [0.1, 0.15) is 11.5 Å². The number of ether oxygens (including phenoxy) is 1. The van der Waals surface area contributed by atoms with E-state index in [9.17, 15) is 9.90 Å². The van der Waals surface area contributed by atoms with Crippen LogP contribution in [0, 0.1) is 13.8 Å². The van der Waals surface area contributed by atoms with E-state index in [4.69, 9.17) is 19.2 Å². The Labute approximate surface area is 196 Å². The van der Waals surface area contributed by atoms with Gasteiger partial charge in [-0.05, 0) is 42.3 Å². The molecule has 0 aliphatic carbocycles. The summed E-state index contributed by atoms with van der Waals surface area (Å²) in [6.45, 7) is 6.37. The lowest BCUT2D eigenvalue weighted by Crippen LogP contribution is -2.69. The van der Waals surface area contributed by atoms with E-state index in [1.807, 2.05) is 44.2 Å². The number of aliphatic hydroxyl groups is 1. The van der Waals surface area contributed by atoms with Gasteiger partial charge in [-0.25, -0.2) is 4.79 Å². The van der Waals surface area contributed by atoms with Gasteiger partial charge in [-0.15, -0.1) is 0 Å². The first-order valence-electron chi connectivity index (χ1n) is 11.0. The van der Waals surface area contributed by atoms with E-state index in [0.717, 1.165) is 46.4 Å². The molecule has 3 aromatic rings. The third-order valence-electron chi connectivity index (χ3n) is 6.07. The van der Waals surface area contributed by atoms with Crippen LogP contribution in [0.4, 0.5) is 4.79 Å². The Balaban J connectivity index is 0.000000868. The molecule has 1 aromatic heterocycles. The van der Waals surface area contributed by atoms with Gasteiger partial charge in [0.05, 0.1) is 11.2 Å². The molecule has 0 saturated carbocycles. The zero-order chi connectivity index (χ0) is 24.3. The smallest absolute Gasteiger partial charge is 0.315 e.